The van der Waals surface area contributed by atoms with Gasteiger partial charge in [-0.25, -0.2) is 18.2 Å². The Morgan fingerprint density at radius 2 is 1.73 bits per heavy atom. The van der Waals surface area contributed by atoms with E-state index >= 15 is 0 Å². The van der Waals surface area contributed by atoms with E-state index in [9.17, 15) is 18.0 Å². The minimum absolute atomic E-state index is 0.0417. The lowest BCUT2D eigenvalue weighted by Gasteiger charge is -2.14. The Kier molecular flexibility index (Phi) is 7.44. The fourth-order valence-corrected chi connectivity index (χ4v) is 4.86. The summed E-state index contributed by atoms with van der Waals surface area (Å²) in [5, 5.41) is 6.22. The molecule has 12 nitrogen and oxygen atoms in total. The van der Waals surface area contributed by atoms with Crippen molar-refractivity contribution in [1.29, 1.82) is 0 Å². The number of rotatable bonds is 9. The molecular formula is C28H25N5O7S. The Labute approximate surface area is 234 Å². The summed E-state index contributed by atoms with van der Waals surface area (Å²) < 4.78 is 42.8. The number of imidazole rings is 1. The number of ether oxygens (including phenoxy) is 2. The predicted molar refractivity (Wildman–Crippen MR) is 150 cm³/mol. The molecule has 3 N–H and O–H groups in total. The normalized spacial score (nSPS) is 12.1. The van der Waals surface area contributed by atoms with Gasteiger partial charge in [-0.1, -0.05) is 5.16 Å². The van der Waals surface area contributed by atoms with Crippen molar-refractivity contribution in [2.24, 2.45) is 0 Å². The molecule has 2 heterocycles. The second-order valence-corrected chi connectivity index (χ2v) is 10.7. The lowest BCUT2D eigenvalue weighted by atomic mass is 10.2. The number of hydrogen-bond acceptors (Lipinski definition) is 9. The van der Waals surface area contributed by atoms with Crippen molar-refractivity contribution >= 4 is 44.4 Å². The van der Waals surface area contributed by atoms with E-state index in [1.165, 1.54) is 37.3 Å². The molecule has 0 radical (unpaired) electrons. The van der Waals surface area contributed by atoms with E-state index in [2.05, 4.69) is 25.2 Å². The van der Waals surface area contributed by atoms with Crippen molar-refractivity contribution in [1.82, 2.24) is 15.1 Å². The van der Waals surface area contributed by atoms with Gasteiger partial charge < -0.3 is 24.3 Å². The standard InChI is InChI=1S/C28H25N5O7S/c1-16-14-25(32-40-16)33-41(36,37)22-11-7-20(8-12-22)29-27(34)17(2)39-28(35)19-6-13-23-24(15-19)31-26(30-23)18-4-9-21(38-3)10-5-18/h4-15,17H,1-3H3,(H,29,34)(H,30,31)(H,32,33). The summed E-state index contributed by atoms with van der Waals surface area (Å²) in [6, 6.07) is 19.2. The zero-order chi connectivity index (χ0) is 29.1. The molecule has 210 valence electrons. The Hall–Kier alpha value is -5.17. The number of methoxy groups -OCH3 is 1. The number of carbonyl (C=O) groups excluding carboxylic acids is 2. The molecule has 13 heteroatoms. The highest BCUT2D eigenvalue weighted by Gasteiger charge is 2.21. The molecule has 0 aliphatic heterocycles. The molecular weight excluding hydrogens is 550 g/mol. The van der Waals surface area contributed by atoms with Crippen LogP contribution >= 0.6 is 0 Å². The van der Waals surface area contributed by atoms with Crippen LogP contribution in [0, 0.1) is 6.92 Å². The monoisotopic (exact) mass is 575 g/mol. The van der Waals surface area contributed by atoms with E-state index in [1.807, 2.05) is 24.3 Å². The third-order valence-electron chi connectivity index (χ3n) is 6.03. The summed E-state index contributed by atoms with van der Waals surface area (Å²) in [4.78, 5) is 33.1. The maximum Gasteiger partial charge on any atom is 0.338 e. The van der Waals surface area contributed by atoms with Crippen LogP contribution in [0.5, 0.6) is 5.75 Å². The molecule has 1 unspecified atom stereocenters. The molecule has 0 bridgehead atoms. The zero-order valence-corrected chi connectivity index (χ0v) is 23.0. The van der Waals surface area contributed by atoms with Crippen molar-refractivity contribution in [3.8, 4) is 17.1 Å². The van der Waals surface area contributed by atoms with Gasteiger partial charge in [0.2, 0.25) is 0 Å². The number of aromatic amines is 1. The Morgan fingerprint density at radius 3 is 2.39 bits per heavy atom. The van der Waals surface area contributed by atoms with Crippen LogP contribution in [0.1, 0.15) is 23.0 Å². The summed E-state index contributed by atoms with van der Waals surface area (Å²) >= 11 is 0. The van der Waals surface area contributed by atoms with Crippen molar-refractivity contribution in [2.75, 3.05) is 17.1 Å². The third kappa shape index (κ3) is 6.20. The second kappa shape index (κ2) is 11.1. The molecule has 0 saturated heterocycles. The number of hydrogen-bond donors (Lipinski definition) is 3. The van der Waals surface area contributed by atoms with E-state index < -0.39 is 28.0 Å². The van der Waals surface area contributed by atoms with Gasteiger partial charge in [-0.15, -0.1) is 0 Å². The lowest BCUT2D eigenvalue weighted by Crippen LogP contribution is -2.30. The fourth-order valence-electron chi connectivity index (χ4n) is 3.88. The first-order valence-corrected chi connectivity index (χ1v) is 13.8. The zero-order valence-electron chi connectivity index (χ0n) is 22.2. The Morgan fingerprint density at radius 1 is 1.00 bits per heavy atom. The highest BCUT2D eigenvalue weighted by atomic mass is 32.2. The van der Waals surface area contributed by atoms with Gasteiger partial charge in [0.1, 0.15) is 17.3 Å². The summed E-state index contributed by atoms with van der Waals surface area (Å²) in [6.45, 7) is 3.07. The summed E-state index contributed by atoms with van der Waals surface area (Å²) in [7, 11) is -2.32. The fraction of sp³-hybridized carbons (Fsp3) is 0.143. The number of esters is 1. The number of amides is 1. The van der Waals surface area contributed by atoms with E-state index in [0.29, 0.717) is 28.3 Å². The molecule has 1 atom stereocenters. The highest BCUT2D eigenvalue weighted by molar-refractivity contribution is 7.92. The van der Waals surface area contributed by atoms with Crippen molar-refractivity contribution in [2.45, 2.75) is 24.8 Å². The van der Waals surface area contributed by atoms with Crippen LogP contribution < -0.4 is 14.8 Å². The van der Waals surface area contributed by atoms with E-state index in [4.69, 9.17) is 14.0 Å². The summed E-state index contributed by atoms with van der Waals surface area (Å²) in [5.41, 5.74) is 2.70. The lowest BCUT2D eigenvalue weighted by molar-refractivity contribution is -0.123. The molecule has 3 aromatic carbocycles. The molecule has 0 spiro atoms. The Bertz CT molecular complexity index is 1830. The van der Waals surface area contributed by atoms with Crippen molar-refractivity contribution in [3.05, 3.63) is 84.1 Å². The maximum absolute atomic E-state index is 12.8. The first kappa shape index (κ1) is 27.4. The predicted octanol–water partition coefficient (Wildman–Crippen LogP) is 4.52. The molecule has 0 aliphatic carbocycles. The van der Waals surface area contributed by atoms with E-state index in [0.717, 1.165) is 11.3 Å². The van der Waals surface area contributed by atoms with Gasteiger partial charge in [0.25, 0.3) is 15.9 Å². The molecule has 0 fully saturated rings. The van der Waals surface area contributed by atoms with Crippen LogP contribution in [-0.2, 0) is 19.6 Å². The van der Waals surface area contributed by atoms with Crippen LogP contribution in [0.15, 0.2) is 82.2 Å². The number of sulfonamides is 1. The van der Waals surface area contributed by atoms with Gasteiger partial charge >= 0.3 is 5.97 Å². The largest absolute Gasteiger partial charge is 0.497 e. The number of aromatic nitrogens is 3. The van der Waals surface area contributed by atoms with Gasteiger partial charge in [-0.05, 0) is 80.6 Å². The SMILES string of the molecule is COc1ccc(-c2nc3ccc(C(=O)OC(C)C(=O)Nc4ccc(S(=O)(=O)Nc5cc(C)on5)cc4)cc3[nH]2)cc1. The minimum atomic E-state index is -3.91. The van der Waals surface area contributed by atoms with Crippen molar-refractivity contribution < 1.29 is 32.0 Å². The summed E-state index contributed by atoms with van der Waals surface area (Å²) in [6.07, 6.45) is -1.13. The number of nitrogens with one attached hydrogen (secondary N) is 3. The minimum Gasteiger partial charge on any atom is -0.497 e. The van der Waals surface area contributed by atoms with Crippen LogP contribution in [-0.4, -0.2) is 48.6 Å². The third-order valence-corrected chi connectivity index (χ3v) is 7.40. The first-order valence-electron chi connectivity index (χ1n) is 12.3. The Balaban J connectivity index is 1.20. The number of fused-ring (bicyclic) bond motifs is 1. The average Bonchev–Trinajstić information content (AvgIpc) is 3.58. The number of benzene rings is 3. The number of anilines is 2. The molecule has 1 amide bonds. The topological polar surface area (TPSA) is 166 Å². The smallest absolute Gasteiger partial charge is 0.338 e. The molecule has 5 aromatic rings. The number of H-pyrrole nitrogens is 1. The van der Waals surface area contributed by atoms with Crippen LogP contribution in [0.25, 0.3) is 22.4 Å². The molecule has 0 saturated carbocycles. The number of nitrogens with zero attached hydrogens (tertiary/aromatic N) is 2. The van der Waals surface area contributed by atoms with Gasteiger partial charge in [0.15, 0.2) is 11.9 Å². The summed E-state index contributed by atoms with van der Waals surface area (Å²) in [5.74, 6) is 0.588. The first-order chi connectivity index (χ1) is 19.6. The highest BCUT2D eigenvalue weighted by Crippen LogP contribution is 2.24. The molecule has 2 aromatic heterocycles. The molecule has 0 aliphatic rings. The molecule has 41 heavy (non-hydrogen) atoms. The molecule has 5 rings (SSSR count). The second-order valence-electron chi connectivity index (χ2n) is 9.04. The number of carbonyl (C=O) groups is 2. The van der Waals surface area contributed by atoms with E-state index in [1.54, 1.807) is 32.2 Å². The van der Waals surface area contributed by atoms with Gasteiger partial charge in [0.05, 0.1) is 28.6 Å². The van der Waals surface area contributed by atoms with Gasteiger partial charge in [-0.3, -0.25) is 9.52 Å². The van der Waals surface area contributed by atoms with Gasteiger partial charge in [0, 0.05) is 17.3 Å². The van der Waals surface area contributed by atoms with Crippen molar-refractivity contribution in [3.63, 3.8) is 0 Å². The van der Waals surface area contributed by atoms with Crippen LogP contribution in [0.2, 0.25) is 0 Å². The quantitative estimate of drug-likeness (QED) is 0.214. The average molecular weight is 576 g/mol. The van der Waals surface area contributed by atoms with Gasteiger partial charge in [-0.2, -0.15) is 0 Å². The maximum atomic E-state index is 12.8. The van der Waals surface area contributed by atoms with Crippen LogP contribution in [0.3, 0.4) is 0 Å². The van der Waals surface area contributed by atoms with E-state index in [-0.39, 0.29) is 16.3 Å². The number of aryl methyl sites for hydroxylation is 1. The van der Waals surface area contributed by atoms with Crippen LogP contribution in [0.4, 0.5) is 11.5 Å².